The molecule has 1 aromatic carbocycles. The first-order valence-electron chi connectivity index (χ1n) is 7.03. The Balaban J connectivity index is 2.06. The topological polar surface area (TPSA) is 48.1 Å². The number of rotatable bonds is 6. The molecule has 0 radical (unpaired) electrons. The molecule has 2 N–H and O–H groups in total. The van der Waals surface area contributed by atoms with Crippen LogP contribution in [0.4, 0.5) is 0 Å². The molecule has 1 heterocycles. The molecular weight excluding hydrogens is 268 g/mol. The van der Waals surface area contributed by atoms with E-state index in [1.54, 1.807) is 11.3 Å². The van der Waals surface area contributed by atoms with Crippen LogP contribution in [0.2, 0.25) is 0 Å². The Morgan fingerprint density at radius 3 is 2.70 bits per heavy atom. The fourth-order valence-corrected chi connectivity index (χ4v) is 2.76. The lowest BCUT2D eigenvalue weighted by Crippen LogP contribution is -2.10. The minimum Gasteiger partial charge on any atom is -0.487 e. The second-order valence-corrected chi connectivity index (χ2v) is 6.06. The molecule has 0 aliphatic rings. The molecule has 0 aliphatic heterocycles. The SMILES string of the molecule is CC[C@H](N)c1ccccc1OCc1csc(C(C)C)n1. The molecule has 1 atom stereocenters. The molecule has 2 rings (SSSR count). The molecule has 20 heavy (non-hydrogen) atoms. The van der Waals surface area contributed by atoms with Crippen LogP contribution in [-0.4, -0.2) is 4.98 Å². The van der Waals surface area contributed by atoms with Crippen molar-refractivity contribution in [3.63, 3.8) is 0 Å². The van der Waals surface area contributed by atoms with Crippen molar-refractivity contribution in [3.8, 4) is 5.75 Å². The summed E-state index contributed by atoms with van der Waals surface area (Å²) in [7, 11) is 0. The standard InChI is InChI=1S/C16H22N2OS/c1-4-14(17)13-7-5-6-8-15(13)19-9-12-10-20-16(18-12)11(2)3/h5-8,10-11,14H,4,9,17H2,1-3H3/t14-/m0/s1. The summed E-state index contributed by atoms with van der Waals surface area (Å²) in [4.78, 5) is 4.58. The lowest BCUT2D eigenvalue weighted by molar-refractivity contribution is 0.296. The van der Waals surface area contributed by atoms with Gasteiger partial charge in [-0.05, 0) is 12.5 Å². The van der Waals surface area contributed by atoms with Crippen LogP contribution >= 0.6 is 11.3 Å². The molecule has 0 fully saturated rings. The van der Waals surface area contributed by atoms with Crippen LogP contribution in [0.1, 0.15) is 55.4 Å². The molecule has 0 aliphatic carbocycles. The highest BCUT2D eigenvalue weighted by atomic mass is 32.1. The fraction of sp³-hybridized carbons (Fsp3) is 0.438. The van der Waals surface area contributed by atoms with Crippen molar-refractivity contribution in [2.45, 2.75) is 45.8 Å². The molecule has 108 valence electrons. The maximum Gasteiger partial charge on any atom is 0.131 e. The van der Waals surface area contributed by atoms with E-state index >= 15 is 0 Å². The van der Waals surface area contributed by atoms with Crippen molar-refractivity contribution in [2.24, 2.45) is 5.73 Å². The normalized spacial score (nSPS) is 12.7. The molecule has 0 saturated heterocycles. The minimum atomic E-state index is 0.0212. The van der Waals surface area contributed by atoms with Gasteiger partial charge in [-0.15, -0.1) is 11.3 Å². The van der Waals surface area contributed by atoms with Gasteiger partial charge in [-0.3, -0.25) is 0 Å². The zero-order valence-corrected chi connectivity index (χ0v) is 13.1. The van der Waals surface area contributed by atoms with Gasteiger partial charge in [0.1, 0.15) is 12.4 Å². The number of nitrogens with zero attached hydrogens (tertiary/aromatic N) is 1. The van der Waals surface area contributed by atoms with Gasteiger partial charge in [0.25, 0.3) is 0 Å². The Kier molecular flexibility index (Phi) is 5.15. The van der Waals surface area contributed by atoms with Crippen molar-refractivity contribution >= 4 is 11.3 Å². The summed E-state index contributed by atoms with van der Waals surface area (Å²) in [6.45, 7) is 6.88. The van der Waals surface area contributed by atoms with E-state index < -0.39 is 0 Å². The molecule has 0 unspecified atom stereocenters. The van der Waals surface area contributed by atoms with Crippen molar-refractivity contribution in [2.75, 3.05) is 0 Å². The highest BCUT2D eigenvalue weighted by molar-refractivity contribution is 7.09. The summed E-state index contributed by atoms with van der Waals surface area (Å²) in [5.74, 6) is 1.33. The number of ether oxygens (including phenoxy) is 1. The largest absolute Gasteiger partial charge is 0.487 e. The number of thiazole rings is 1. The predicted octanol–water partition coefficient (Wildman–Crippen LogP) is 4.26. The molecule has 0 amide bonds. The third-order valence-corrected chi connectivity index (χ3v) is 4.39. The third-order valence-electron chi connectivity index (χ3n) is 3.20. The Labute approximate surface area is 124 Å². The van der Waals surface area contributed by atoms with Gasteiger partial charge < -0.3 is 10.5 Å². The molecule has 2 aromatic rings. The lowest BCUT2D eigenvalue weighted by atomic mass is 10.0. The summed E-state index contributed by atoms with van der Waals surface area (Å²) in [6, 6.07) is 8.00. The molecule has 4 heteroatoms. The van der Waals surface area contributed by atoms with Crippen LogP contribution in [0.15, 0.2) is 29.6 Å². The second kappa shape index (κ2) is 6.86. The van der Waals surface area contributed by atoms with Crippen LogP contribution < -0.4 is 10.5 Å². The monoisotopic (exact) mass is 290 g/mol. The van der Waals surface area contributed by atoms with Crippen LogP contribution in [0, 0.1) is 0 Å². The first-order chi connectivity index (χ1) is 9.61. The van der Waals surface area contributed by atoms with Crippen molar-refractivity contribution < 1.29 is 4.74 Å². The number of hydrogen-bond donors (Lipinski definition) is 1. The number of para-hydroxylation sites is 1. The van der Waals surface area contributed by atoms with E-state index in [1.807, 2.05) is 24.3 Å². The number of benzene rings is 1. The number of aromatic nitrogens is 1. The minimum absolute atomic E-state index is 0.0212. The molecule has 3 nitrogen and oxygen atoms in total. The maximum atomic E-state index is 6.11. The fourth-order valence-electron chi connectivity index (χ4n) is 1.94. The van der Waals surface area contributed by atoms with Gasteiger partial charge >= 0.3 is 0 Å². The highest BCUT2D eigenvalue weighted by Gasteiger charge is 2.11. The van der Waals surface area contributed by atoms with Crippen LogP contribution in [0.25, 0.3) is 0 Å². The lowest BCUT2D eigenvalue weighted by Gasteiger charge is -2.15. The van der Waals surface area contributed by atoms with Gasteiger partial charge in [0.05, 0.1) is 10.7 Å². The first-order valence-corrected chi connectivity index (χ1v) is 7.91. The van der Waals surface area contributed by atoms with Gasteiger partial charge in [0.2, 0.25) is 0 Å². The Morgan fingerprint density at radius 2 is 2.05 bits per heavy atom. The summed E-state index contributed by atoms with van der Waals surface area (Å²) >= 11 is 1.69. The van der Waals surface area contributed by atoms with Crippen molar-refractivity contribution in [1.82, 2.24) is 4.98 Å². The number of nitrogens with two attached hydrogens (primary N) is 1. The predicted molar refractivity (Wildman–Crippen MR) is 84.2 cm³/mol. The van der Waals surface area contributed by atoms with Gasteiger partial charge in [-0.2, -0.15) is 0 Å². The summed E-state index contributed by atoms with van der Waals surface area (Å²) < 4.78 is 5.90. The zero-order chi connectivity index (χ0) is 14.5. The average molecular weight is 290 g/mol. The average Bonchev–Trinajstić information content (AvgIpc) is 2.93. The van der Waals surface area contributed by atoms with E-state index in [0.717, 1.165) is 28.4 Å². The third kappa shape index (κ3) is 3.58. The van der Waals surface area contributed by atoms with Gasteiger partial charge in [-0.1, -0.05) is 39.0 Å². The summed E-state index contributed by atoms with van der Waals surface area (Å²) in [5, 5.41) is 3.22. The van der Waals surface area contributed by atoms with E-state index in [9.17, 15) is 0 Å². The Hall–Kier alpha value is -1.39. The molecule has 1 aromatic heterocycles. The van der Waals surface area contributed by atoms with E-state index in [4.69, 9.17) is 10.5 Å². The van der Waals surface area contributed by atoms with E-state index in [-0.39, 0.29) is 6.04 Å². The van der Waals surface area contributed by atoms with Gasteiger partial charge in [0.15, 0.2) is 0 Å². The Bertz CT molecular complexity index is 551. The smallest absolute Gasteiger partial charge is 0.131 e. The highest BCUT2D eigenvalue weighted by Crippen LogP contribution is 2.26. The summed E-state index contributed by atoms with van der Waals surface area (Å²) in [5.41, 5.74) is 8.16. The van der Waals surface area contributed by atoms with Gasteiger partial charge in [-0.25, -0.2) is 4.98 Å². The first kappa shape index (κ1) is 15.0. The van der Waals surface area contributed by atoms with E-state index in [0.29, 0.717) is 12.5 Å². The summed E-state index contributed by atoms with van der Waals surface area (Å²) in [6.07, 6.45) is 0.897. The van der Waals surface area contributed by atoms with Crippen LogP contribution in [0.3, 0.4) is 0 Å². The Morgan fingerprint density at radius 1 is 1.30 bits per heavy atom. The molecular formula is C16H22N2OS. The molecule has 0 saturated carbocycles. The van der Waals surface area contributed by atoms with Crippen LogP contribution in [-0.2, 0) is 6.61 Å². The van der Waals surface area contributed by atoms with Gasteiger partial charge in [0, 0.05) is 22.9 Å². The van der Waals surface area contributed by atoms with E-state index in [2.05, 4.69) is 31.1 Å². The maximum absolute atomic E-state index is 6.11. The zero-order valence-electron chi connectivity index (χ0n) is 12.3. The second-order valence-electron chi connectivity index (χ2n) is 5.17. The quantitative estimate of drug-likeness (QED) is 0.865. The van der Waals surface area contributed by atoms with Crippen molar-refractivity contribution in [1.29, 1.82) is 0 Å². The van der Waals surface area contributed by atoms with Crippen molar-refractivity contribution in [3.05, 3.63) is 45.9 Å². The van der Waals surface area contributed by atoms with Crippen LogP contribution in [0.5, 0.6) is 5.75 Å². The van der Waals surface area contributed by atoms with E-state index in [1.165, 1.54) is 0 Å². The number of hydrogen-bond acceptors (Lipinski definition) is 4. The molecule has 0 spiro atoms. The molecule has 0 bridgehead atoms.